The van der Waals surface area contributed by atoms with Crippen molar-refractivity contribution in [2.24, 2.45) is 0 Å². The number of aliphatic hydroxyl groups is 2. The first-order chi connectivity index (χ1) is 7.61. The van der Waals surface area contributed by atoms with Gasteiger partial charge < -0.3 is 29.6 Å². The fourth-order valence-corrected chi connectivity index (χ4v) is 2.39. The Bertz CT molecular complexity index is 308. The molecule has 0 aromatic heterocycles. The molecule has 0 spiro atoms. The van der Waals surface area contributed by atoms with E-state index in [0.29, 0.717) is 0 Å². The van der Waals surface area contributed by atoms with Crippen molar-refractivity contribution in [1.82, 2.24) is 0 Å². The van der Waals surface area contributed by atoms with Crippen LogP contribution in [0, 0.1) is 0 Å². The third-order valence-electron chi connectivity index (χ3n) is 1.53. The third-order valence-corrected chi connectivity index (χ3v) is 3.68. The second-order valence-corrected chi connectivity index (χ2v) is 5.69. The van der Waals surface area contributed by atoms with Crippen LogP contribution < -0.4 is 0 Å². The topological polar surface area (TPSA) is 163 Å². The molecule has 0 aromatic rings. The maximum Gasteiger partial charge on any atom is 0.481 e. The van der Waals surface area contributed by atoms with Crippen molar-refractivity contribution >= 4 is 15.6 Å². The van der Waals surface area contributed by atoms with Crippen LogP contribution in [0.2, 0.25) is 0 Å². The van der Waals surface area contributed by atoms with E-state index >= 15 is 0 Å². The molecule has 0 fully saturated rings. The Morgan fingerprint density at radius 1 is 1.24 bits per heavy atom. The van der Waals surface area contributed by atoms with Gasteiger partial charge in [0, 0.05) is 7.11 Å². The van der Waals surface area contributed by atoms with Crippen LogP contribution in [0.1, 0.15) is 0 Å². The minimum absolute atomic E-state index is 0.573. The number of ether oxygens (including phenoxy) is 1. The van der Waals surface area contributed by atoms with Gasteiger partial charge in [0.1, 0.15) is 12.2 Å². The van der Waals surface area contributed by atoms with Gasteiger partial charge in [-0.05, 0) is 0 Å². The monoisotopic (exact) mass is 296 g/mol. The molecule has 0 aromatic carbocycles. The SMILES string of the molecule is CO[C@@H](CO)[C@H](O)COP(=O)(O)OP(=O)(O)O. The molecule has 3 atom stereocenters. The molecule has 0 rings (SSSR count). The molecule has 0 saturated carbocycles. The van der Waals surface area contributed by atoms with E-state index in [1.54, 1.807) is 0 Å². The average molecular weight is 296 g/mol. The highest BCUT2D eigenvalue weighted by molar-refractivity contribution is 7.60. The lowest BCUT2D eigenvalue weighted by Gasteiger charge is -2.20. The van der Waals surface area contributed by atoms with E-state index in [9.17, 15) is 14.2 Å². The normalized spacial score (nSPS) is 19.6. The lowest BCUT2D eigenvalue weighted by molar-refractivity contribution is -0.0597. The molecule has 1 unspecified atom stereocenters. The van der Waals surface area contributed by atoms with Crippen molar-refractivity contribution in [1.29, 1.82) is 0 Å². The smallest absolute Gasteiger partial charge is 0.394 e. The van der Waals surface area contributed by atoms with E-state index < -0.39 is 41.1 Å². The summed E-state index contributed by atoms with van der Waals surface area (Å²) in [6, 6.07) is 0. The van der Waals surface area contributed by atoms with Crippen molar-refractivity contribution in [3.05, 3.63) is 0 Å². The van der Waals surface area contributed by atoms with E-state index in [1.165, 1.54) is 7.11 Å². The molecule has 0 saturated heterocycles. The summed E-state index contributed by atoms with van der Waals surface area (Å²) in [5, 5.41) is 18.0. The van der Waals surface area contributed by atoms with E-state index in [-0.39, 0.29) is 0 Å². The van der Waals surface area contributed by atoms with E-state index in [1.807, 2.05) is 0 Å². The molecule has 0 aliphatic heterocycles. The van der Waals surface area contributed by atoms with Crippen molar-refractivity contribution in [3.8, 4) is 0 Å². The molecule has 10 nitrogen and oxygen atoms in total. The number of phosphoric ester groups is 1. The Labute approximate surface area is 96.6 Å². The average Bonchev–Trinajstić information content (AvgIpc) is 2.13. The molecule has 0 heterocycles. The largest absolute Gasteiger partial charge is 0.481 e. The van der Waals surface area contributed by atoms with Crippen LogP contribution in [-0.4, -0.2) is 57.4 Å². The van der Waals surface area contributed by atoms with Gasteiger partial charge in [-0.15, -0.1) is 0 Å². The number of hydrogen-bond acceptors (Lipinski definition) is 7. The summed E-state index contributed by atoms with van der Waals surface area (Å²) < 4.78 is 33.4. The number of hydrogen-bond donors (Lipinski definition) is 5. The van der Waals surface area contributed by atoms with Crippen molar-refractivity contribution < 1.29 is 47.6 Å². The Kier molecular flexibility index (Phi) is 6.97. The van der Waals surface area contributed by atoms with Gasteiger partial charge in [-0.3, -0.25) is 4.52 Å². The van der Waals surface area contributed by atoms with Gasteiger partial charge in [0.25, 0.3) is 0 Å². The summed E-state index contributed by atoms with van der Waals surface area (Å²) in [7, 11) is -9.00. The molecule has 0 aliphatic rings. The van der Waals surface area contributed by atoms with E-state index in [2.05, 4.69) is 13.6 Å². The fourth-order valence-electron chi connectivity index (χ4n) is 0.789. The molecular weight excluding hydrogens is 282 g/mol. The van der Waals surface area contributed by atoms with Crippen LogP contribution in [0.15, 0.2) is 0 Å². The lowest BCUT2D eigenvalue weighted by Crippen LogP contribution is -2.34. The minimum atomic E-state index is -5.19. The Hall–Kier alpha value is 0.140. The van der Waals surface area contributed by atoms with Crippen molar-refractivity contribution in [3.63, 3.8) is 0 Å². The Morgan fingerprint density at radius 2 is 1.76 bits per heavy atom. The summed E-state index contributed by atoms with van der Waals surface area (Å²) in [5.41, 5.74) is 0. The first-order valence-electron chi connectivity index (χ1n) is 4.17. The van der Waals surface area contributed by atoms with Crippen molar-refractivity contribution in [2.75, 3.05) is 20.3 Å². The molecule has 5 N–H and O–H groups in total. The summed E-state index contributed by atoms with van der Waals surface area (Å²) >= 11 is 0. The first kappa shape index (κ1) is 17.1. The van der Waals surface area contributed by atoms with Crippen LogP contribution in [-0.2, 0) is 22.7 Å². The highest BCUT2D eigenvalue weighted by Gasteiger charge is 2.33. The van der Waals surface area contributed by atoms with Gasteiger partial charge in [-0.2, -0.15) is 4.31 Å². The lowest BCUT2D eigenvalue weighted by atomic mass is 10.2. The molecule has 0 radical (unpaired) electrons. The van der Waals surface area contributed by atoms with Gasteiger partial charge >= 0.3 is 15.6 Å². The van der Waals surface area contributed by atoms with Crippen LogP contribution in [0.3, 0.4) is 0 Å². The minimum Gasteiger partial charge on any atom is -0.394 e. The predicted molar refractivity (Wildman–Crippen MR) is 52.8 cm³/mol. The third kappa shape index (κ3) is 7.96. The molecule has 0 aliphatic carbocycles. The Balaban J connectivity index is 4.27. The van der Waals surface area contributed by atoms with Crippen molar-refractivity contribution in [2.45, 2.75) is 12.2 Å². The maximum atomic E-state index is 10.9. The number of methoxy groups -OCH3 is 1. The van der Waals surface area contributed by atoms with Gasteiger partial charge in [-0.1, -0.05) is 0 Å². The van der Waals surface area contributed by atoms with Crippen LogP contribution in [0.5, 0.6) is 0 Å². The maximum absolute atomic E-state index is 10.9. The highest BCUT2D eigenvalue weighted by Crippen LogP contribution is 2.57. The fraction of sp³-hybridized carbons (Fsp3) is 1.00. The highest BCUT2D eigenvalue weighted by atomic mass is 31.3. The van der Waals surface area contributed by atoms with Crippen LogP contribution in [0.4, 0.5) is 0 Å². The molecule has 12 heteroatoms. The number of aliphatic hydroxyl groups excluding tert-OH is 2. The number of phosphoric acid groups is 2. The van der Waals surface area contributed by atoms with E-state index in [0.717, 1.165) is 0 Å². The Morgan fingerprint density at radius 3 is 2.12 bits per heavy atom. The molecule has 104 valence electrons. The quantitative estimate of drug-likeness (QED) is 0.336. The van der Waals surface area contributed by atoms with Crippen LogP contribution in [0.25, 0.3) is 0 Å². The summed E-state index contributed by atoms with van der Waals surface area (Å²) in [6.45, 7) is -1.39. The summed E-state index contributed by atoms with van der Waals surface area (Å²) in [5.74, 6) is 0. The van der Waals surface area contributed by atoms with Gasteiger partial charge in [0.05, 0.1) is 13.2 Å². The van der Waals surface area contributed by atoms with E-state index in [4.69, 9.17) is 19.8 Å². The first-order valence-corrected chi connectivity index (χ1v) is 7.20. The van der Waals surface area contributed by atoms with Crippen LogP contribution >= 0.6 is 15.6 Å². The molecule has 0 bridgehead atoms. The second kappa shape index (κ2) is 6.91. The molecule has 0 amide bonds. The predicted octanol–water partition coefficient (Wildman–Crippen LogP) is -1.42. The zero-order valence-electron chi connectivity index (χ0n) is 8.74. The zero-order chi connectivity index (χ0) is 13.7. The molecular formula is C5H14O10P2. The second-order valence-electron chi connectivity index (χ2n) is 2.86. The van der Waals surface area contributed by atoms with Gasteiger partial charge in [0.2, 0.25) is 0 Å². The van der Waals surface area contributed by atoms with Gasteiger partial charge in [0.15, 0.2) is 0 Å². The summed E-state index contributed by atoms with van der Waals surface area (Å²) in [6.07, 6.45) is -2.53. The van der Waals surface area contributed by atoms with Gasteiger partial charge in [-0.25, -0.2) is 9.13 Å². The number of rotatable bonds is 8. The zero-order valence-corrected chi connectivity index (χ0v) is 10.5. The summed E-state index contributed by atoms with van der Waals surface area (Å²) in [4.78, 5) is 25.4. The molecule has 17 heavy (non-hydrogen) atoms. The standard InChI is InChI=1S/C5H14O10P2/c1-13-5(2-6)4(7)3-14-17(11,12)15-16(8,9)10/h4-7H,2-3H2,1H3,(H,11,12)(H2,8,9,10)/t4-,5+/m1/s1.